The van der Waals surface area contributed by atoms with Crippen LogP contribution in [0.25, 0.3) is 0 Å². The third-order valence-corrected chi connectivity index (χ3v) is 4.84. The van der Waals surface area contributed by atoms with E-state index >= 15 is 0 Å². The predicted octanol–water partition coefficient (Wildman–Crippen LogP) is 2.75. The van der Waals surface area contributed by atoms with Gasteiger partial charge in [-0.2, -0.15) is 0 Å². The molecule has 26 heavy (non-hydrogen) atoms. The molecule has 0 saturated heterocycles. The van der Waals surface area contributed by atoms with Crippen LogP contribution in [0.1, 0.15) is 47.5 Å². The number of nitrogens with zero attached hydrogens (tertiary/aromatic N) is 2. The van der Waals surface area contributed by atoms with Crippen LogP contribution in [-0.2, 0) is 17.9 Å². The lowest BCUT2D eigenvalue weighted by Gasteiger charge is -2.21. The topological polar surface area (TPSA) is 75.4 Å². The number of hydrogen-bond donors (Lipinski definition) is 1. The van der Waals surface area contributed by atoms with Gasteiger partial charge in [0, 0.05) is 25.1 Å². The van der Waals surface area contributed by atoms with Gasteiger partial charge in [0.1, 0.15) is 0 Å². The van der Waals surface area contributed by atoms with Gasteiger partial charge in [0.05, 0.1) is 6.54 Å². The van der Waals surface area contributed by atoms with Crippen molar-refractivity contribution in [2.24, 2.45) is 11.8 Å². The van der Waals surface area contributed by atoms with E-state index in [2.05, 4.69) is 10.5 Å². The first-order chi connectivity index (χ1) is 12.7. The molecule has 6 nitrogen and oxygen atoms in total. The summed E-state index contributed by atoms with van der Waals surface area (Å²) in [5.74, 6) is 1.21. The highest BCUT2D eigenvalue weighted by Crippen LogP contribution is 2.32. The van der Waals surface area contributed by atoms with Crippen LogP contribution in [0.5, 0.6) is 0 Å². The van der Waals surface area contributed by atoms with Crippen LogP contribution in [0.15, 0.2) is 40.9 Å². The molecule has 2 aliphatic rings. The smallest absolute Gasteiger partial charge is 0.273 e. The summed E-state index contributed by atoms with van der Waals surface area (Å²) < 4.78 is 5.32. The van der Waals surface area contributed by atoms with E-state index < -0.39 is 0 Å². The minimum absolute atomic E-state index is 0.128. The Labute approximate surface area is 152 Å². The second kappa shape index (κ2) is 7.32. The molecule has 6 heteroatoms. The molecule has 0 radical (unpaired) electrons. The molecule has 0 unspecified atom stereocenters. The first-order valence-electron chi connectivity index (χ1n) is 9.25. The summed E-state index contributed by atoms with van der Waals surface area (Å²) in [6.07, 6.45) is 4.27. The minimum Gasteiger partial charge on any atom is -0.359 e. The van der Waals surface area contributed by atoms with Crippen molar-refractivity contribution in [3.05, 3.63) is 53.4 Å². The van der Waals surface area contributed by atoms with Gasteiger partial charge in [0.2, 0.25) is 5.91 Å². The quantitative estimate of drug-likeness (QED) is 0.792. The number of benzene rings is 1. The fraction of sp³-hybridized carbons (Fsp3) is 0.450. The number of nitrogens with one attached hydrogen (secondary N) is 1. The molecule has 2 saturated carbocycles. The molecule has 0 aliphatic heterocycles. The van der Waals surface area contributed by atoms with E-state index in [1.807, 2.05) is 30.3 Å². The maximum absolute atomic E-state index is 12.6. The Bertz CT molecular complexity index is 779. The van der Waals surface area contributed by atoms with Crippen LogP contribution < -0.4 is 5.32 Å². The first kappa shape index (κ1) is 16.8. The van der Waals surface area contributed by atoms with Crippen LogP contribution >= 0.6 is 0 Å². The van der Waals surface area contributed by atoms with Crippen LogP contribution in [-0.4, -0.2) is 28.4 Å². The van der Waals surface area contributed by atoms with Crippen LogP contribution in [0.2, 0.25) is 0 Å². The van der Waals surface area contributed by atoms with Gasteiger partial charge in [-0.15, -0.1) is 0 Å². The van der Waals surface area contributed by atoms with Gasteiger partial charge in [-0.25, -0.2) is 0 Å². The Morgan fingerprint density at radius 3 is 2.58 bits per heavy atom. The number of carbonyl (C=O) groups excluding carboxylic acids is 2. The summed E-state index contributed by atoms with van der Waals surface area (Å²) in [5.41, 5.74) is 1.35. The minimum atomic E-state index is -0.213. The second-order valence-corrected chi connectivity index (χ2v) is 7.29. The normalized spacial score (nSPS) is 16.3. The van der Waals surface area contributed by atoms with E-state index in [4.69, 9.17) is 4.52 Å². The lowest BCUT2D eigenvalue weighted by atomic mass is 10.2. The van der Waals surface area contributed by atoms with E-state index in [-0.39, 0.29) is 23.4 Å². The molecule has 2 fully saturated rings. The average molecular weight is 353 g/mol. The monoisotopic (exact) mass is 353 g/mol. The average Bonchev–Trinajstić information content (AvgIpc) is 3.58. The van der Waals surface area contributed by atoms with Crippen molar-refractivity contribution in [3.63, 3.8) is 0 Å². The Balaban J connectivity index is 1.41. The van der Waals surface area contributed by atoms with E-state index in [1.54, 1.807) is 11.0 Å². The number of aromatic nitrogens is 1. The Morgan fingerprint density at radius 2 is 1.88 bits per heavy atom. The van der Waals surface area contributed by atoms with Crippen molar-refractivity contribution in [2.75, 3.05) is 6.54 Å². The molecule has 4 rings (SSSR count). The molecule has 2 amide bonds. The van der Waals surface area contributed by atoms with Gasteiger partial charge in [-0.05, 0) is 37.2 Å². The molecule has 2 aromatic rings. The maximum Gasteiger partial charge on any atom is 0.273 e. The molecule has 136 valence electrons. The SMILES string of the molecule is O=C(NCC1CC1)c1cc(CN(Cc2ccccc2)C(=O)C2CC2)on1. The Kier molecular flexibility index (Phi) is 4.73. The molecule has 0 atom stereocenters. The van der Waals surface area contributed by atoms with Crippen LogP contribution in [0.3, 0.4) is 0 Å². The lowest BCUT2D eigenvalue weighted by Crippen LogP contribution is -2.31. The van der Waals surface area contributed by atoms with Crippen molar-refractivity contribution >= 4 is 11.8 Å². The zero-order valence-corrected chi connectivity index (χ0v) is 14.7. The fourth-order valence-corrected chi connectivity index (χ4v) is 2.94. The molecule has 1 heterocycles. The number of amides is 2. The van der Waals surface area contributed by atoms with E-state index in [1.165, 1.54) is 12.8 Å². The molecular weight excluding hydrogens is 330 g/mol. The van der Waals surface area contributed by atoms with Gasteiger partial charge in [-0.3, -0.25) is 9.59 Å². The van der Waals surface area contributed by atoms with Crippen LogP contribution in [0, 0.1) is 11.8 Å². The number of hydrogen-bond acceptors (Lipinski definition) is 4. The fourth-order valence-electron chi connectivity index (χ4n) is 2.94. The van der Waals surface area contributed by atoms with E-state index in [0.717, 1.165) is 18.4 Å². The van der Waals surface area contributed by atoms with Crippen molar-refractivity contribution in [1.82, 2.24) is 15.4 Å². The van der Waals surface area contributed by atoms with Gasteiger partial charge in [0.15, 0.2) is 11.5 Å². The molecule has 2 aliphatic carbocycles. The zero-order chi connectivity index (χ0) is 17.9. The standard InChI is InChI=1S/C20H23N3O3/c24-19(21-11-14-6-7-14)18-10-17(26-22-18)13-23(20(25)16-8-9-16)12-15-4-2-1-3-5-15/h1-5,10,14,16H,6-9,11-13H2,(H,21,24). The molecule has 1 N–H and O–H groups in total. The van der Waals surface area contributed by atoms with Crippen LogP contribution in [0.4, 0.5) is 0 Å². The summed E-state index contributed by atoms with van der Waals surface area (Å²) >= 11 is 0. The van der Waals surface area contributed by atoms with Crippen molar-refractivity contribution in [2.45, 2.75) is 38.8 Å². The zero-order valence-electron chi connectivity index (χ0n) is 14.7. The Hall–Kier alpha value is -2.63. The maximum atomic E-state index is 12.6. The third-order valence-electron chi connectivity index (χ3n) is 4.84. The van der Waals surface area contributed by atoms with Crippen molar-refractivity contribution < 1.29 is 14.1 Å². The molecule has 0 bridgehead atoms. The second-order valence-electron chi connectivity index (χ2n) is 7.29. The van der Waals surface area contributed by atoms with Crippen molar-refractivity contribution in [1.29, 1.82) is 0 Å². The van der Waals surface area contributed by atoms with Gasteiger partial charge in [-0.1, -0.05) is 35.5 Å². The summed E-state index contributed by atoms with van der Waals surface area (Å²) in [7, 11) is 0. The molecule has 1 aromatic carbocycles. The third kappa shape index (κ3) is 4.31. The highest BCUT2D eigenvalue weighted by Gasteiger charge is 2.34. The highest BCUT2D eigenvalue weighted by molar-refractivity contribution is 5.92. The molecular formula is C20H23N3O3. The van der Waals surface area contributed by atoms with Gasteiger partial charge >= 0.3 is 0 Å². The summed E-state index contributed by atoms with van der Waals surface area (Å²) in [6, 6.07) is 11.5. The molecule has 1 aromatic heterocycles. The summed E-state index contributed by atoms with van der Waals surface area (Å²) in [4.78, 5) is 26.5. The predicted molar refractivity (Wildman–Crippen MR) is 95.0 cm³/mol. The molecule has 0 spiro atoms. The van der Waals surface area contributed by atoms with Gasteiger partial charge < -0.3 is 14.7 Å². The summed E-state index contributed by atoms with van der Waals surface area (Å²) in [5, 5.41) is 6.75. The van der Waals surface area contributed by atoms with Gasteiger partial charge in [0.25, 0.3) is 5.91 Å². The number of carbonyl (C=O) groups is 2. The lowest BCUT2D eigenvalue weighted by molar-refractivity contribution is -0.134. The van der Waals surface area contributed by atoms with E-state index in [9.17, 15) is 9.59 Å². The van der Waals surface area contributed by atoms with E-state index in [0.29, 0.717) is 31.3 Å². The Morgan fingerprint density at radius 1 is 1.12 bits per heavy atom. The number of rotatable bonds is 8. The van der Waals surface area contributed by atoms with Crippen molar-refractivity contribution in [3.8, 4) is 0 Å². The largest absolute Gasteiger partial charge is 0.359 e. The highest BCUT2D eigenvalue weighted by atomic mass is 16.5. The summed E-state index contributed by atoms with van der Waals surface area (Å²) in [6.45, 7) is 1.55. The first-order valence-corrected chi connectivity index (χ1v) is 9.25.